The maximum absolute atomic E-state index is 11.6. The van der Waals surface area contributed by atoms with E-state index in [-0.39, 0.29) is 5.78 Å². The van der Waals surface area contributed by atoms with Crippen molar-refractivity contribution in [3.05, 3.63) is 72.6 Å². The monoisotopic (exact) mass is 371 g/mol. The van der Waals surface area contributed by atoms with Crippen molar-refractivity contribution in [1.82, 2.24) is 15.0 Å². The van der Waals surface area contributed by atoms with Gasteiger partial charge in [-0.3, -0.25) is 9.78 Å². The number of pyridine rings is 1. The first kappa shape index (κ1) is 17.6. The van der Waals surface area contributed by atoms with E-state index < -0.39 is 0 Å². The molecule has 0 aliphatic rings. The van der Waals surface area contributed by atoms with E-state index in [1.165, 1.54) is 14.0 Å². The fourth-order valence-corrected chi connectivity index (χ4v) is 2.82. The number of benzene rings is 2. The lowest BCUT2D eigenvalue weighted by atomic mass is 10.1. The van der Waals surface area contributed by atoms with Gasteiger partial charge in [-0.05, 0) is 49.4 Å². The van der Waals surface area contributed by atoms with Crippen molar-refractivity contribution in [1.29, 1.82) is 0 Å². The summed E-state index contributed by atoms with van der Waals surface area (Å²) in [6, 6.07) is 16.4. The van der Waals surface area contributed by atoms with Gasteiger partial charge < -0.3 is 9.47 Å². The number of fused-ring (bicyclic) bond motifs is 1. The molecule has 138 valence electrons. The van der Waals surface area contributed by atoms with Crippen LogP contribution < -0.4 is 9.47 Å². The molecule has 2 aromatic heterocycles. The number of hydrogen-bond donors (Lipinski definition) is 0. The van der Waals surface area contributed by atoms with Gasteiger partial charge in [0.1, 0.15) is 0 Å². The highest BCUT2D eigenvalue weighted by Gasteiger charge is 2.15. The third kappa shape index (κ3) is 3.40. The number of hydrogen-bond acceptors (Lipinski definition) is 6. The third-order valence-electron chi connectivity index (χ3n) is 4.26. The minimum absolute atomic E-state index is 0.0452. The Labute approximate surface area is 161 Å². The second kappa shape index (κ2) is 7.44. The summed E-state index contributed by atoms with van der Waals surface area (Å²) >= 11 is 0. The van der Waals surface area contributed by atoms with Gasteiger partial charge in [0.15, 0.2) is 23.1 Å². The van der Waals surface area contributed by atoms with Gasteiger partial charge in [0.2, 0.25) is 5.88 Å². The normalized spacial score (nSPS) is 10.6. The van der Waals surface area contributed by atoms with E-state index in [1.807, 2.05) is 36.4 Å². The molecule has 0 radical (unpaired) electrons. The molecule has 0 saturated heterocycles. The Kier molecular flexibility index (Phi) is 4.68. The number of carbonyl (C=O) groups is 1. The van der Waals surface area contributed by atoms with Gasteiger partial charge in [-0.15, -0.1) is 0 Å². The highest BCUT2D eigenvalue weighted by molar-refractivity contribution is 5.94. The molecule has 0 saturated carbocycles. The van der Waals surface area contributed by atoms with Crippen LogP contribution in [-0.2, 0) is 0 Å². The molecule has 0 fully saturated rings. The molecule has 0 unspecified atom stereocenters. The molecule has 0 bridgehead atoms. The Bertz CT molecular complexity index is 1160. The molecule has 6 heteroatoms. The molecule has 2 heterocycles. The van der Waals surface area contributed by atoms with Gasteiger partial charge in [0.25, 0.3) is 0 Å². The summed E-state index contributed by atoms with van der Waals surface area (Å²) in [4.78, 5) is 25.0. The van der Waals surface area contributed by atoms with Crippen LogP contribution in [-0.4, -0.2) is 27.8 Å². The maximum Gasteiger partial charge on any atom is 0.230 e. The van der Waals surface area contributed by atoms with Gasteiger partial charge in [-0.1, -0.05) is 12.1 Å². The van der Waals surface area contributed by atoms with Gasteiger partial charge >= 0.3 is 0 Å². The van der Waals surface area contributed by atoms with Crippen LogP contribution in [0.3, 0.4) is 0 Å². The molecule has 4 aromatic rings. The summed E-state index contributed by atoms with van der Waals surface area (Å²) in [7, 11) is 1.53. The molecule has 4 rings (SSSR count). The largest absolute Gasteiger partial charge is 0.493 e. The lowest BCUT2D eigenvalue weighted by Gasteiger charge is -2.13. The molecule has 0 amide bonds. The van der Waals surface area contributed by atoms with Crippen LogP contribution in [0.15, 0.2) is 67.0 Å². The van der Waals surface area contributed by atoms with Crippen molar-refractivity contribution >= 4 is 16.7 Å². The first-order valence-corrected chi connectivity index (χ1v) is 8.69. The Morgan fingerprint density at radius 2 is 1.82 bits per heavy atom. The Hall–Kier alpha value is -3.80. The number of methoxy groups -OCH3 is 1. The van der Waals surface area contributed by atoms with Gasteiger partial charge in [0.05, 0.1) is 18.0 Å². The quantitative estimate of drug-likeness (QED) is 0.474. The van der Waals surface area contributed by atoms with Crippen molar-refractivity contribution in [2.45, 2.75) is 6.92 Å². The van der Waals surface area contributed by atoms with Crippen molar-refractivity contribution in [2.75, 3.05) is 7.11 Å². The molecule has 28 heavy (non-hydrogen) atoms. The van der Waals surface area contributed by atoms with Crippen molar-refractivity contribution in [2.24, 2.45) is 0 Å². The summed E-state index contributed by atoms with van der Waals surface area (Å²) in [5.74, 6) is 1.79. The van der Waals surface area contributed by atoms with Crippen LogP contribution in [0.5, 0.6) is 17.4 Å². The molecule has 2 aromatic carbocycles. The highest BCUT2D eigenvalue weighted by atomic mass is 16.5. The first-order chi connectivity index (χ1) is 13.7. The van der Waals surface area contributed by atoms with E-state index in [2.05, 4.69) is 15.0 Å². The number of ketones is 1. The zero-order chi connectivity index (χ0) is 19.5. The van der Waals surface area contributed by atoms with Gasteiger partial charge in [-0.25, -0.2) is 4.98 Å². The van der Waals surface area contributed by atoms with Crippen molar-refractivity contribution in [3.63, 3.8) is 0 Å². The van der Waals surface area contributed by atoms with E-state index in [4.69, 9.17) is 9.47 Å². The fraction of sp³-hybridized carbons (Fsp3) is 0.0909. The van der Waals surface area contributed by atoms with Gasteiger partial charge in [0, 0.05) is 23.5 Å². The number of Topliss-reactive ketones (excluding diaryl/α,β-unsaturated/α-hetero) is 1. The number of nitrogens with zero attached hydrogens (tertiary/aromatic N) is 3. The number of rotatable bonds is 5. The Morgan fingerprint density at radius 3 is 2.57 bits per heavy atom. The molecular formula is C22H17N3O3. The maximum atomic E-state index is 11.6. The standard InChI is InChI=1S/C22H17N3O3/c1-14(26)15-9-10-19(20(12-15)27-2)28-22-17-7-3-4-8-18(17)24-21(25-22)16-6-5-11-23-13-16/h3-13H,1-2H3. The van der Waals surface area contributed by atoms with Crippen LogP contribution >= 0.6 is 0 Å². The zero-order valence-corrected chi connectivity index (χ0v) is 15.4. The molecule has 6 nitrogen and oxygen atoms in total. The Morgan fingerprint density at radius 1 is 0.964 bits per heavy atom. The predicted molar refractivity (Wildman–Crippen MR) is 106 cm³/mol. The van der Waals surface area contributed by atoms with E-state index in [0.717, 1.165) is 16.5 Å². The number of para-hydroxylation sites is 1. The van der Waals surface area contributed by atoms with Gasteiger partial charge in [-0.2, -0.15) is 4.98 Å². The molecule has 0 spiro atoms. The molecular weight excluding hydrogens is 354 g/mol. The summed E-state index contributed by atoms with van der Waals surface area (Å²) in [6.45, 7) is 1.51. The van der Waals surface area contributed by atoms with E-state index in [1.54, 1.807) is 30.6 Å². The summed E-state index contributed by atoms with van der Waals surface area (Å²) in [6.07, 6.45) is 3.40. The lowest BCUT2D eigenvalue weighted by molar-refractivity contribution is 0.101. The molecule has 0 N–H and O–H groups in total. The molecule has 0 aliphatic carbocycles. The second-order valence-corrected chi connectivity index (χ2v) is 6.14. The molecule has 0 aliphatic heterocycles. The summed E-state index contributed by atoms with van der Waals surface area (Å²) in [5, 5.41) is 0.771. The highest BCUT2D eigenvalue weighted by Crippen LogP contribution is 2.35. The number of ether oxygens (including phenoxy) is 2. The predicted octanol–water partition coefficient (Wildman–Crippen LogP) is 4.70. The van der Waals surface area contributed by atoms with Crippen molar-refractivity contribution in [3.8, 4) is 28.8 Å². The van der Waals surface area contributed by atoms with Crippen LogP contribution in [0.25, 0.3) is 22.3 Å². The van der Waals surface area contributed by atoms with Crippen LogP contribution in [0.1, 0.15) is 17.3 Å². The SMILES string of the molecule is COc1cc(C(C)=O)ccc1Oc1nc(-c2cccnc2)nc2ccccc12. The lowest BCUT2D eigenvalue weighted by Crippen LogP contribution is -1.99. The third-order valence-corrected chi connectivity index (χ3v) is 4.26. The zero-order valence-electron chi connectivity index (χ0n) is 15.4. The second-order valence-electron chi connectivity index (χ2n) is 6.14. The van der Waals surface area contributed by atoms with E-state index >= 15 is 0 Å². The molecule has 0 atom stereocenters. The average Bonchev–Trinajstić information content (AvgIpc) is 2.74. The van der Waals surface area contributed by atoms with E-state index in [0.29, 0.717) is 28.8 Å². The minimum atomic E-state index is -0.0452. The van der Waals surface area contributed by atoms with E-state index in [9.17, 15) is 4.79 Å². The van der Waals surface area contributed by atoms with Crippen LogP contribution in [0.2, 0.25) is 0 Å². The number of aromatic nitrogens is 3. The average molecular weight is 371 g/mol. The van der Waals surface area contributed by atoms with Crippen molar-refractivity contribution < 1.29 is 14.3 Å². The minimum Gasteiger partial charge on any atom is -0.493 e. The van der Waals surface area contributed by atoms with Crippen LogP contribution in [0, 0.1) is 0 Å². The summed E-state index contributed by atoms with van der Waals surface area (Å²) < 4.78 is 11.5. The van der Waals surface area contributed by atoms with Crippen LogP contribution in [0.4, 0.5) is 0 Å². The Balaban J connectivity index is 1.83. The fourth-order valence-electron chi connectivity index (χ4n) is 2.82. The topological polar surface area (TPSA) is 74.2 Å². The first-order valence-electron chi connectivity index (χ1n) is 8.69. The summed E-state index contributed by atoms with van der Waals surface area (Å²) in [5.41, 5.74) is 2.09. The smallest absolute Gasteiger partial charge is 0.230 e. The number of carbonyl (C=O) groups excluding carboxylic acids is 1.